The van der Waals surface area contributed by atoms with Gasteiger partial charge in [0.2, 0.25) is 5.89 Å². The van der Waals surface area contributed by atoms with Gasteiger partial charge >= 0.3 is 6.01 Å². The molecule has 0 aliphatic carbocycles. The molecule has 0 aromatic carbocycles. The normalized spacial score (nSPS) is 13.0. The zero-order chi connectivity index (χ0) is 12.7. The predicted molar refractivity (Wildman–Crippen MR) is 65.9 cm³/mol. The van der Waals surface area contributed by atoms with E-state index < -0.39 is 0 Å². The van der Waals surface area contributed by atoms with Gasteiger partial charge in [-0.25, -0.2) is 0 Å². The van der Waals surface area contributed by atoms with E-state index in [4.69, 9.17) is 9.15 Å². The zero-order valence-corrected chi connectivity index (χ0v) is 11.0. The van der Waals surface area contributed by atoms with Gasteiger partial charge in [-0.05, 0) is 19.9 Å². The molecule has 0 radical (unpaired) electrons. The molecule has 1 aromatic heterocycles. The second-order valence-electron chi connectivity index (χ2n) is 4.35. The maximum absolute atomic E-state index is 5.43. The predicted octanol–water partition coefficient (Wildman–Crippen LogP) is 1.43. The first-order valence-corrected chi connectivity index (χ1v) is 5.95. The summed E-state index contributed by atoms with van der Waals surface area (Å²) in [5.41, 5.74) is 0. The van der Waals surface area contributed by atoms with Crippen LogP contribution in [0.2, 0.25) is 0 Å². The number of nitrogens with one attached hydrogen (secondary N) is 2. The molecule has 98 valence electrons. The molecule has 0 fully saturated rings. The molecule has 0 aliphatic rings. The zero-order valence-electron chi connectivity index (χ0n) is 11.0. The van der Waals surface area contributed by atoms with Gasteiger partial charge in [0, 0.05) is 13.2 Å². The Morgan fingerprint density at radius 1 is 1.29 bits per heavy atom. The first-order chi connectivity index (χ1) is 8.13. The average molecular weight is 242 g/mol. The number of hydrogen-bond donors (Lipinski definition) is 2. The van der Waals surface area contributed by atoms with E-state index in [0.29, 0.717) is 31.0 Å². The molecule has 1 rings (SSSR count). The Morgan fingerprint density at radius 2 is 2.06 bits per heavy atom. The van der Waals surface area contributed by atoms with Crippen LogP contribution in [-0.4, -0.2) is 37.0 Å². The molecular weight excluding hydrogens is 220 g/mol. The van der Waals surface area contributed by atoms with Crippen molar-refractivity contribution in [2.75, 3.05) is 32.1 Å². The van der Waals surface area contributed by atoms with E-state index in [1.54, 1.807) is 0 Å². The van der Waals surface area contributed by atoms with Crippen LogP contribution in [0, 0.1) is 5.92 Å². The quantitative estimate of drug-likeness (QED) is 0.672. The smallest absolute Gasteiger partial charge is 0.315 e. The van der Waals surface area contributed by atoms with E-state index in [1.807, 2.05) is 14.0 Å². The van der Waals surface area contributed by atoms with Crippen molar-refractivity contribution in [2.24, 2.45) is 5.92 Å². The monoisotopic (exact) mass is 242 g/mol. The third-order valence-electron chi connectivity index (χ3n) is 2.22. The second-order valence-corrected chi connectivity index (χ2v) is 4.35. The molecule has 6 heteroatoms. The van der Waals surface area contributed by atoms with Gasteiger partial charge in [-0.2, -0.15) is 0 Å². The van der Waals surface area contributed by atoms with Crippen molar-refractivity contribution in [3.63, 3.8) is 0 Å². The standard InChI is InChI=1S/C11H22N4O2/c1-8(2)7-16-6-5-13-11-15-14-10(17-11)9(3)12-4/h8-9,12H,5-7H2,1-4H3,(H,13,15). The van der Waals surface area contributed by atoms with Gasteiger partial charge < -0.3 is 19.8 Å². The highest BCUT2D eigenvalue weighted by molar-refractivity contribution is 5.16. The average Bonchev–Trinajstić information content (AvgIpc) is 2.76. The van der Waals surface area contributed by atoms with Gasteiger partial charge in [-0.3, -0.25) is 0 Å². The molecular formula is C11H22N4O2. The molecule has 1 atom stereocenters. The summed E-state index contributed by atoms with van der Waals surface area (Å²) in [6, 6.07) is 0.505. The number of aromatic nitrogens is 2. The highest BCUT2D eigenvalue weighted by Crippen LogP contribution is 2.12. The fourth-order valence-electron chi connectivity index (χ4n) is 1.15. The maximum Gasteiger partial charge on any atom is 0.315 e. The minimum absolute atomic E-state index is 0.0650. The number of hydrogen-bond acceptors (Lipinski definition) is 6. The number of ether oxygens (including phenoxy) is 1. The molecule has 0 saturated carbocycles. The molecule has 0 spiro atoms. The Labute approximate surface area is 102 Å². The van der Waals surface area contributed by atoms with E-state index in [0.717, 1.165) is 6.61 Å². The molecule has 1 aromatic rings. The van der Waals surface area contributed by atoms with Crippen molar-refractivity contribution in [3.05, 3.63) is 5.89 Å². The molecule has 1 heterocycles. The van der Waals surface area contributed by atoms with Crippen molar-refractivity contribution in [1.29, 1.82) is 0 Å². The van der Waals surface area contributed by atoms with E-state index in [9.17, 15) is 0 Å². The number of nitrogens with zero attached hydrogens (tertiary/aromatic N) is 2. The highest BCUT2D eigenvalue weighted by atomic mass is 16.5. The van der Waals surface area contributed by atoms with Gasteiger partial charge in [0.05, 0.1) is 12.6 Å². The van der Waals surface area contributed by atoms with Crippen LogP contribution in [0.4, 0.5) is 6.01 Å². The third-order valence-corrected chi connectivity index (χ3v) is 2.22. The minimum atomic E-state index is 0.0650. The van der Waals surface area contributed by atoms with Gasteiger partial charge in [-0.15, -0.1) is 5.10 Å². The van der Waals surface area contributed by atoms with Gasteiger partial charge in [-0.1, -0.05) is 18.9 Å². The maximum atomic E-state index is 5.43. The Bertz CT molecular complexity index is 314. The lowest BCUT2D eigenvalue weighted by molar-refractivity contribution is 0.118. The van der Waals surface area contributed by atoms with Gasteiger partial charge in [0.1, 0.15) is 0 Å². The molecule has 17 heavy (non-hydrogen) atoms. The van der Waals surface area contributed by atoms with Crippen molar-refractivity contribution in [1.82, 2.24) is 15.5 Å². The topological polar surface area (TPSA) is 72.2 Å². The number of anilines is 1. The van der Waals surface area contributed by atoms with E-state index >= 15 is 0 Å². The van der Waals surface area contributed by atoms with E-state index in [-0.39, 0.29) is 6.04 Å². The molecule has 6 nitrogen and oxygen atoms in total. The van der Waals surface area contributed by atoms with Gasteiger partial charge in [0.15, 0.2) is 0 Å². The largest absolute Gasteiger partial charge is 0.406 e. The molecule has 0 bridgehead atoms. The summed E-state index contributed by atoms with van der Waals surface area (Å²) >= 11 is 0. The summed E-state index contributed by atoms with van der Waals surface area (Å²) in [6.07, 6.45) is 0. The summed E-state index contributed by atoms with van der Waals surface area (Å²) in [5.74, 6) is 1.14. The highest BCUT2D eigenvalue weighted by Gasteiger charge is 2.11. The Hall–Kier alpha value is -1.14. The van der Waals surface area contributed by atoms with Crippen LogP contribution >= 0.6 is 0 Å². The third kappa shape index (κ3) is 5.14. The summed E-state index contributed by atoms with van der Waals surface area (Å²) in [7, 11) is 1.85. The van der Waals surface area contributed by atoms with Crippen LogP contribution in [0.3, 0.4) is 0 Å². The summed E-state index contributed by atoms with van der Waals surface area (Å²) < 4.78 is 10.8. The van der Waals surface area contributed by atoms with Crippen molar-refractivity contribution >= 4 is 6.01 Å². The number of rotatable bonds is 8. The molecule has 0 amide bonds. The lowest BCUT2D eigenvalue weighted by Gasteiger charge is -2.06. The van der Waals surface area contributed by atoms with Crippen LogP contribution in [-0.2, 0) is 4.74 Å². The van der Waals surface area contributed by atoms with Crippen LogP contribution in [0.15, 0.2) is 4.42 Å². The summed E-state index contributed by atoms with van der Waals surface area (Å²) in [5, 5.41) is 13.9. The second kappa shape index (κ2) is 7.24. The fourth-order valence-corrected chi connectivity index (χ4v) is 1.15. The molecule has 0 aliphatic heterocycles. The van der Waals surface area contributed by atoms with Crippen molar-refractivity contribution in [2.45, 2.75) is 26.8 Å². The lowest BCUT2D eigenvalue weighted by atomic mass is 10.2. The van der Waals surface area contributed by atoms with Crippen molar-refractivity contribution < 1.29 is 9.15 Å². The van der Waals surface area contributed by atoms with E-state index in [1.165, 1.54) is 0 Å². The lowest BCUT2D eigenvalue weighted by Crippen LogP contribution is -2.12. The molecule has 0 saturated heterocycles. The fraction of sp³-hybridized carbons (Fsp3) is 0.818. The first-order valence-electron chi connectivity index (χ1n) is 5.95. The van der Waals surface area contributed by atoms with Crippen LogP contribution in [0.1, 0.15) is 32.7 Å². The first kappa shape index (κ1) is 13.9. The van der Waals surface area contributed by atoms with Gasteiger partial charge in [0.25, 0.3) is 0 Å². The SMILES string of the molecule is CNC(C)c1nnc(NCCOCC(C)C)o1. The minimum Gasteiger partial charge on any atom is -0.406 e. The van der Waals surface area contributed by atoms with E-state index in [2.05, 4.69) is 34.7 Å². The Morgan fingerprint density at radius 3 is 2.71 bits per heavy atom. The summed E-state index contributed by atoms with van der Waals surface area (Å²) in [6.45, 7) is 8.28. The van der Waals surface area contributed by atoms with Crippen molar-refractivity contribution in [3.8, 4) is 0 Å². The van der Waals surface area contributed by atoms with Crippen LogP contribution in [0.25, 0.3) is 0 Å². The Kier molecular flexibility index (Phi) is 5.93. The molecule has 2 N–H and O–H groups in total. The van der Waals surface area contributed by atoms with Crippen LogP contribution in [0.5, 0.6) is 0 Å². The summed E-state index contributed by atoms with van der Waals surface area (Å²) in [4.78, 5) is 0. The Balaban J connectivity index is 2.21. The van der Waals surface area contributed by atoms with Crippen LogP contribution < -0.4 is 10.6 Å². The molecule has 1 unspecified atom stereocenters.